The molecular formula is C9H16FNO. The Balaban J connectivity index is 2.04. The van der Waals surface area contributed by atoms with E-state index >= 15 is 0 Å². The molecule has 2 rings (SSSR count). The Labute approximate surface area is 72.5 Å². The average Bonchev–Trinajstić information content (AvgIpc) is 2.12. The summed E-state index contributed by atoms with van der Waals surface area (Å²) in [6.07, 6.45) is 1.85. The Hall–Kier alpha value is -0.150. The molecule has 1 spiro atoms. The SMILES string of the molecule is FC1CCNCC12CCOCC2. The zero-order valence-electron chi connectivity index (χ0n) is 7.31. The molecule has 0 aromatic carbocycles. The first-order valence-corrected chi connectivity index (χ1v) is 4.76. The lowest BCUT2D eigenvalue weighted by atomic mass is 9.73. The van der Waals surface area contributed by atoms with Gasteiger partial charge < -0.3 is 10.1 Å². The average molecular weight is 173 g/mol. The van der Waals surface area contributed by atoms with Crippen LogP contribution in [0.4, 0.5) is 4.39 Å². The number of alkyl halides is 1. The van der Waals surface area contributed by atoms with E-state index in [0.29, 0.717) is 6.42 Å². The van der Waals surface area contributed by atoms with Crippen molar-refractivity contribution in [3.8, 4) is 0 Å². The predicted molar refractivity (Wildman–Crippen MR) is 44.9 cm³/mol. The summed E-state index contributed by atoms with van der Waals surface area (Å²) in [6.45, 7) is 3.16. The number of piperidine rings is 1. The minimum atomic E-state index is -0.609. The van der Waals surface area contributed by atoms with Crippen LogP contribution in [0.15, 0.2) is 0 Å². The third kappa shape index (κ3) is 1.36. The fourth-order valence-electron chi connectivity index (χ4n) is 2.25. The summed E-state index contributed by atoms with van der Waals surface area (Å²) in [5.41, 5.74) is -0.0868. The fourth-order valence-corrected chi connectivity index (χ4v) is 2.25. The lowest BCUT2D eigenvalue weighted by Gasteiger charge is -2.43. The Morgan fingerprint density at radius 1 is 1.33 bits per heavy atom. The maximum Gasteiger partial charge on any atom is 0.108 e. The maximum atomic E-state index is 13.6. The van der Waals surface area contributed by atoms with Crippen molar-refractivity contribution < 1.29 is 9.13 Å². The molecule has 2 aliphatic rings. The maximum absolute atomic E-state index is 13.6. The molecular weight excluding hydrogens is 157 g/mol. The van der Waals surface area contributed by atoms with Crippen LogP contribution in [-0.2, 0) is 4.74 Å². The predicted octanol–water partition coefficient (Wildman–Crippen LogP) is 1.11. The van der Waals surface area contributed by atoms with Crippen molar-refractivity contribution >= 4 is 0 Å². The molecule has 1 unspecified atom stereocenters. The third-order valence-electron chi connectivity index (χ3n) is 3.20. The second-order valence-electron chi connectivity index (χ2n) is 3.91. The molecule has 1 atom stereocenters. The fraction of sp³-hybridized carbons (Fsp3) is 1.00. The molecule has 0 aliphatic carbocycles. The molecule has 0 aromatic heterocycles. The number of nitrogens with one attached hydrogen (secondary N) is 1. The van der Waals surface area contributed by atoms with E-state index in [1.54, 1.807) is 0 Å². The smallest absolute Gasteiger partial charge is 0.108 e. The van der Waals surface area contributed by atoms with Crippen LogP contribution in [0.3, 0.4) is 0 Å². The van der Waals surface area contributed by atoms with Crippen LogP contribution < -0.4 is 5.32 Å². The zero-order valence-corrected chi connectivity index (χ0v) is 7.31. The molecule has 70 valence electrons. The molecule has 2 nitrogen and oxygen atoms in total. The normalized spacial score (nSPS) is 35.2. The lowest BCUT2D eigenvalue weighted by Crippen LogP contribution is -2.50. The van der Waals surface area contributed by atoms with Crippen LogP contribution in [0.2, 0.25) is 0 Å². The van der Waals surface area contributed by atoms with Crippen molar-refractivity contribution in [1.82, 2.24) is 5.32 Å². The van der Waals surface area contributed by atoms with Gasteiger partial charge in [0.2, 0.25) is 0 Å². The van der Waals surface area contributed by atoms with Gasteiger partial charge in [0.15, 0.2) is 0 Å². The van der Waals surface area contributed by atoms with Gasteiger partial charge in [0.1, 0.15) is 6.17 Å². The number of halogens is 1. The molecule has 2 fully saturated rings. The Kier molecular flexibility index (Phi) is 2.33. The number of ether oxygens (including phenoxy) is 1. The van der Waals surface area contributed by atoms with Gasteiger partial charge in [0.25, 0.3) is 0 Å². The van der Waals surface area contributed by atoms with Gasteiger partial charge in [-0.05, 0) is 25.8 Å². The summed E-state index contributed by atoms with van der Waals surface area (Å²) in [5, 5.41) is 3.28. The quantitative estimate of drug-likeness (QED) is 0.592. The van der Waals surface area contributed by atoms with Crippen LogP contribution in [0, 0.1) is 5.41 Å². The Morgan fingerprint density at radius 3 is 2.75 bits per heavy atom. The molecule has 12 heavy (non-hydrogen) atoms. The molecule has 0 bridgehead atoms. The summed E-state index contributed by atoms with van der Waals surface area (Å²) in [6, 6.07) is 0. The second-order valence-corrected chi connectivity index (χ2v) is 3.91. The molecule has 0 aromatic rings. The third-order valence-corrected chi connectivity index (χ3v) is 3.20. The Bertz CT molecular complexity index is 148. The van der Waals surface area contributed by atoms with Crippen molar-refractivity contribution in [1.29, 1.82) is 0 Å². The first-order valence-electron chi connectivity index (χ1n) is 4.76. The minimum Gasteiger partial charge on any atom is -0.381 e. The van der Waals surface area contributed by atoms with Crippen molar-refractivity contribution in [3.05, 3.63) is 0 Å². The van der Waals surface area contributed by atoms with Crippen LogP contribution in [0.25, 0.3) is 0 Å². The zero-order chi connectivity index (χ0) is 8.44. The first-order chi connectivity index (χ1) is 5.83. The van der Waals surface area contributed by atoms with Gasteiger partial charge in [-0.1, -0.05) is 0 Å². The van der Waals surface area contributed by atoms with Crippen molar-refractivity contribution in [2.24, 2.45) is 5.41 Å². The van der Waals surface area contributed by atoms with Crippen LogP contribution in [0.5, 0.6) is 0 Å². The van der Waals surface area contributed by atoms with Crippen molar-refractivity contribution in [3.63, 3.8) is 0 Å². The van der Waals surface area contributed by atoms with Gasteiger partial charge in [-0.3, -0.25) is 0 Å². The highest BCUT2D eigenvalue weighted by Gasteiger charge is 2.42. The lowest BCUT2D eigenvalue weighted by molar-refractivity contribution is -0.0424. The van der Waals surface area contributed by atoms with E-state index < -0.39 is 6.17 Å². The molecule has 1 N–H and O–H groups in total. The molecule has 2 saturated heterocycles. The molecule has 0 radical (unpaired) electrons. The van der Waals surface area contributed by atoms with E-state index in [4.69, 9.17) is 4.74 Å². The van der Waals surface area contributed by atoms with Gasteiger partial charge in [-0.2, -0.15) is 0 Å². The summed E-state index contributed by atoms with van der Waals surface area (Å²) < 4.78 is 18.9. The highest BCUT2D eigenvalue weighted by Crippen LogP contribution is 2.38. The topological polar surface area (TPSA) is 21.3 Å². The summed E-state index contributed by atoms with van der Waals surface area (Å²) in [4.78, 5) is 0. The van der Waals surface area contributed by atoms with Crippen LogP contribution in [0.1, 0.15) is 19.3 Å². The van der Waals surface area contributed by atoms with Gasteiger partial charge in [-0.25, -0.2) is 4.39 Å². The van der Waals surface area contributed by atoms with Crippen LogP contribution in [-0.4, -0.2) is 32.5 Å². The van der Waals surface area contributed by atoms with Crippen molar-refractivity contribution in [2.75, 3.05) is 26.3 Å². The van der Waals surface area contributed by atoms with E-state index in [1.165, 1.54) is 0 Å². The molecule has 2 heterocycles. The molecule has 0 amide bonds. The highest BCUT2D eigenvalue weighted by molar-refractivity contribution is 4.93. The standard InChI is InChI=1S/C9H16FNO/c10-8-1-4-11-7-9(8)2-5-12-6-3-9/h8,11H,1-7H2. The minimum absolute atomic E-state index is 0.0868. The Morgan fingerprint density at radius 2 is 2.08 bits per heavy atom. The number of hydrogen-bond donors (Lipinski definition) is 1. The van der Waals surface area contributed by atoms with Gasteiger partial charge in [0, 0.05) is 25.2 Å². The van der Waals surface area contributed by atoms with E-state index in [9.17, 15) is 4.39 Å². The van der Waals surface area contributed by atoms with Crippen LogP contribution >= 0.6 is 0 Å². The van der Waals surface area contributed by atoms with E-state index in [1.807, 2.05) is 0 Å². The number of hydrogen-bond acceptors (Lipinski definition) is 2. The first kappa shape index (κ1) is 8.45. The largest absolute Gasteiger partial charge is 0.381 e. The highest BCUT2D eigenvalue weighted by atomic mass is 19.1. The molecule has 3 heteroatoms. The molecule has 2 aliphatic heterocycles. The number of rotatable bonds is 0. The molecule has 0 saturated carbocycles. The van der Waals surface area contributed by atoms with Gasteiger partial charge >= 0.3 is 0 Å². The van der Waals surface area contributed by atoms with Crippen molar-refractivity contribution in [2.45, 2.75) is 25.4 Å². The summed E-state index contributed by atoms with van der Waals surface area (Å²) >= 11 is 0. The summed E-state index contributed by atoms with van der Waals surface area (Å²) in [5.74, 6) is 0. The van der Waals surface area contributed by atoms with Gasteiger partial charge in [-0.15, -0.1) is 0 Å². The van der Waals surface area contributed by atoms with Gasteiger partial charge in [0.05, 0.1) is 0 Å². The van der Waals surface area contributed by atoms with E-state index in [2.05, 4.69) is 5.32 Å². The van der Waals surface area contributed by atoms with E-state index in [0.717, 1.165) is 39.1 Å². The monoisotopic (exact) mass is 173 g/mol. The van der Waals surface area contributed by atoms with E-state index in [-0.39, 0.29) is 5.41 Å². The summed E-state index contributed by atoms with van der Waals surface area (Å²) in [7, 11) is 0. The second kappa shape index (κ2) is 3.30.